The number of alkyl halides is 4. The van der Waals surface area contributed by atoms with Gasteiger partial charge in [0.05, 0.1) is 0 Å². The lowest BCUT2D eigenvalue weighted by atomic mass is 10.0. The maximum atomic E-state index is 11.7. The van der Waals surface area contributed by atoms with Crippen molar-refractivity contribution in [2.75, 3.05) is 5.75 Å². The van der Waals surface area contributed by atoms with Gasteiger partial charge in [-0.3, -0.25) is 0 Å². The molecule has 0 aliphatic heterocycles. The molecule has 0 saturated carbocycles. The summed E-state index contributed by atoms with van der Waals surface area (Å²) in [6.07, 6.45) is 1.56. The zero-order valence-corrected chi connectivity index (χ0v) is 10.1. The summed E-state index contributed by atoms with van der Waals surface area (Å²) in [6.45, 7) is 3.99. The van der Waals surface area contributed by atoms with Crippen molar-refractivity contribution in [3.05, 3.63) is 0 Å². The van der Waals surface area contributed by atoms with E-state index in [1.165, 1.54) is 0 Å². The van der Waals surface area contributed by atoms with E-state index in [4.69, 9.17) is 0 Å². The molecule has 0 nitrogen and oxygen atoms in total. The second-order valence-corrected chi connectivity index (χ2v) is 5.32. The predicted molar refractivity (Wildman–Crippen MR) is 55.3 cm³/mol. The highest BCUT2D eigenvalue weighted by Gasteiger charge is 2.28. The summed E-state index contributed by atoms with van der Waals surface area (Å²) in [5.74, 6) is 0.465. The minimum Gasteiger partial charge on any atom is -0.160 e. The average Bonchev–Trinajstić information content (AvgIpc) is 2.00. The van der Waals surface area contributed by atoms with Crippen molar-refractivity contribution < 1.29 is 13.2 Å². The van der Waals surface area contributed by atoms with Crippen molar-refractivity contribution in [2.45, 2.75) is 37.0 Å². The van der Waals surface area contributed by atoms with E-state index in [2.05, 4.69) is 15.9 Å². The van der Waals surface area contributed by atoms with E-state index >= 15 is 0 Å². The van der Waals surface area contributed by atoms with Gasteiger partial charge in [-0.15, -0.1) is 0 Å². The number of halogens is 4. The van der Waals surface area contributed by atoms with E-state index in [1.54, 1.807) is 0 Å². The third-order valence-electron chi connectivity index (χ3n) is 1.85. The SMILES string of the molecule is CCC(Br)C(C)CCSC(F)(F)F. The highest BCUT2D eigenvalue weighted by Crippen LogP contribution is 2.32. The van der Waals surface area contributed by atoms with Gasteiger partial charge in [0, 0.05) is 10.6 Å². The summed E-state index contributed by atoms with van der Waals surface area (Å²) >= 11 is 3.50. The Labute approximate surface area is 89.8 Å². The highest BCUT2D eigenvalue weighted by atomic mass is 79.9. The third kappa shape index (κ3) is 7.67. The normalized spacial score (nSPS) is 17.1. The zero-order chi connectivity index (χ0) is 10.5. The summed E-state index contributed by atoms with van der Waals surface area (Å²) in [5.41, 5.74) is -4.08. The fourth-order valence-electron chi connectivity index (χ4n) is 0.944. The van der Waals surface area contributed by atoms with Gasteiger partial charge in [-0.25, -0.2) is 0 Å². The van der Waals surface area contributed by atoms with Crippen LogP contribution in [0.3, 0.4) is 0 Å². The van der Waals surface area contributed by atoms with Crippen LogP contribution in [0, 0.1) is 5.92 Å². The lowest BCUT2D eigenvalue weighted by Gasteiger charge is -2.16. The molecular weight excluding hydrogens is 265 g/mol. The lowest BCUT2D eigenvalue weighted by molar-refractivity contribution is -0.0328. The van der Waals surface area contributed by atoms with Gasteiger partial charge in [-0.2, -0.15) is 13.2 Å². The molecule has 0 aliphatic rings. The van der Waals surface area contributed by atoms with Crippen LogP contribution in [0.4, 0.5) is 13.2 Å². The van der Waals surface area contributed by atoms with Gasteiger partial charge in [0.15, 0.2) is 0 Å². The van der Waals surface area contributed by atoms with Crippen LogP contribution in [0.1, 0.15) is 26.7 Å². The monoisotopic (exact) mass is 278 g/mol. The molecule has 0 aromatic carbocycles. The first-order valence-corrected chi connectivity index (χ1v) is 6.11. The van der Waals surface area contributed by atoms with Gasteiger partial charge < -0.3 is 0 Å². The quantitative estimate of drug-likeness (QED) is 0.670. The molecule has 0 amide bonds. The molecule has 0 aromatic heterocycles. The van der Waals surface area contributed by atoms with Crippen LogP contribution in [-0.4, -0.2) is 16.1 Å². The molecule has 0 saturated heterocycles. The molecule has 13 heavy (non-hydrogen) atoms. The van der Waals surface area contributed by atoms with Gasteiger partial charge in [-0.05, 0) is 18.8 Å². The first kappa shape index (κ1) is 13.6. The minimum atomic E-state index is -4.08. The van der Waals surface area contributed by atoms with Crippen molar-refractivity contribution >= 4 is 27.7 Å². The fourth-order valence-corrected chi connectivity index (χ4v) is 1.93. The standard InChI is InChI=1S/C8H14BrF3S/c1-3-7(9)6(2)4-5-13-8(10,11)12/h6-7H,3-5H2,1-2H3. The summed E-state index contributed by atoms with van der Waals surface area (Å²) in [4.78, 5) is 0.335. The second-order valence-electron chi connectivity index (χ2n) is 2.98. The van der Waals surface area contributed by atoms with Gasteiger partial charge >= 0.3 is 5.51 Å². The molecule has 0 aromatic rings. The Morgan fingerprint density at radius 3 is 2.31 bits per heavy atom. The first-order valence-electron chi connectivity index (χ1n) is 4.21. The molecular formula is C8H14BrF3S. The van der Waals surface area contributed by atoms with Crippen molar-refractivity contribution in [1.82, 2.24) is 0 Å². The molecule has 80 valence electrons. The van der Waals surface area contributed by atoms with E-state index in [0.29, 0.717) is 17.2 Å². The van der Waals surface area contributed by atoms with Gasteiger partial charge in [0.1, 0.15) is 0 Å². The van der Waals surface area contributed by atoms with Gasteiger partial charge in [0.25, 0.3) is 0 Å². The molecule has 2 atom stereocenters. The molecule has 0 spiro atoms. The van der Waals surface area contributed by atoms with Crippen LogP contribution in [0.2, 0.25) is 0 Å². The van der Waals surface area contributed by atoms with Crippen molar-refractivity contribution in [3.63, 3.8) is 0 Å². The summed E-state index contributed by atoms with van der Waals surface area (Å²) in [6, 6.07) is 0. The molecule has 0 aliphatic carbocycles. The largest absolute Gasteiger partial charge is 0.441 e. The highest BCUT2D eigenvalue weighted by molar-refractivity contribution is 9.09. The molecule has 5 heteroatoms. The van der Waals surface area contributed by atoms with Gasteiger partial charge in [0.2, 0.25) is 0 Å². The number of rotatable bonds is 5. The number of hydrogen-bond acceptors (Lipinski definition) is 1. The molecule has 0 N–H and O–H groups in total. The lowest BCUT2D eigenvalue weighted by Crippen LogP contribution is -2.12. The molecule has 0 fully saturated rings. The van der Waals surface area contributed by atoms with Crippen LogP contribution in [0.25, 0.3) is 0 Å². The van der Waals surface area contributed by atoms with E-state index in [-0.39, 0.29) is 17.5 Å². The smallest absolute Gasteiger partial charge is 0.160 e. The second kappa shape index (κ2) is 6.17. The van der Waals surface area contributed by atoms with E-state index in [9.17, 15) is 13.2 Å². The zero-order valence-electron chi connectivity index (χ0n) is 7.70. The topological polar surface area (TPSA) is 0 Å². The predicted octanol–water partition coefficient (Wildman–Crippen LogP) is 4.44. The Hall–Kier alpha value is 0.620. The van der Waals surface area contributed by atoms with Crippen molar-refractivity contribution in [2.24, 2.45) is 5.92 Å². The molecule has 0 bridgehead atoms. The Morgan fingerprint density at radius 1 is 1.38 bits per heavy atom. The summed E-state index contributed by atoms with van der Waals surface area (Å²) in [5, 5.41) is 0. The van der Waals surface area contributed by atoms with Crippen LogP contribution in [0.15, 0.2) is 0 Å². The van der Waals surface area contributed by atoms with Crippen molar-refractivity contribution in [1.29, 1.82) is 0 Å². The Morgan fingerprint density at radius 2 is 1.92 bits per heavy atom. The third-order valence-corrected chi connectivity index (χ3v) is 4.16. The van der Waals surface area contributed by atoms with E-state index < -0.39 is 5.51 Å². The maximum Gasteiger partial charge on any atom is 0.441 e. The number of hydrogen-bond donors (Lipinski definition) is 0. The summed E-state index contributed by atoms with van der Waals surface area (Å²) < 4.78 is 35.2. The minimum absolute atomic E-state index is 0.0690. The summed E-state index contributed by atoms with van der Waals surface area (Å²) in [7, 11) is 0. The maximum absolute atomic E-state index is 11.7. The fraction of sp³-hybridized carbons (Fsp3) is 1.00. The first-order chi connectivity index (χ1) is 5.87. The van der Waals surface area contributed by atoms with Crippen LogP contribution in [-0.2, 0) is 0 Å². The van der Waals surface area contributed by atoms with Gasteiger partial charge in [-0.1, -0.05) is 41.5 Å². The van der Waals surface area contributed by atoms with Crippen LogP contribution < -0.4 is 0 Å². The van der Waals surface area contributed by atoms with E-state index in [0.717, 1.165) is 6.42 Å². The molecule has 2 unspecified atom stereocenters. The number of thioether (sulfide) groups is 1. The Bertz CT molecular complexity index is 138. The Kier molecular flexibility index (Phi) is 6.46. The molecule has 0 rings (SSSR count). The van der Waals surface area contributed by atoms with Crippen molar-refractivity contribution in [3.8, 4) is 0 Å². The van der Waals surface area contributed by atoms with Crippen LogP contribution in [0.5, 0.6) is 0 Å². The molecule has 0 radical (unpaired) electrons. The average molecular weight is 279 g/mol. The Balaban J connectivity index is 3.53. The van der Waals surface area contributed by atoms with Crippen LogP contribution >= 0.6 is 27.7 Å². The van der Waals surface area contributed by atoms with E-state index in [1.807, 2.05) is 13.8 Å². The molecule has 0 heterocycles.